The summed E-state index contributed by atoms with van der Waals surface area (Å²) in [5.41, 5.74) is 0.460. The van der Waals surface area contributed by atoms with E-state index in [0.717, 1.165) is 0 Å². The first-order valence-corrected chi connectivity index (χ1v) is 6.23. The molecule has 0 unspecified atom stereocenters. The Morgan fingerprint density at radius 3 is 2.72 bits per heavy atom. The molecule has 0 aromatic heterocycles. The Morgan fingerprint density at radius 2 is 2.06 bits per heavy atom. The first-order chi connectivity index (χ1) is 8.69. The summed E-state index contributed by atoms with van der Waals surface area (Å²) in [6.45, 7) is 2.18. The standard InChI is InChI=1S/C12H15NO4S/c1-3-17-11(14)8-13-18-10-7-5-4-6-9(10)12(15)16-2/h4-7,13H,3,8H2,1-2H3. The number of rotatable bonds is 6. The fourth-order valence-electron chi connectivity index (χ4n) is 1.22. The molecular formula is C12H15NO4S. The van der Waals surface area contributed by atoms with E-state index in [0.29, 0.717) is 17.1 Å². The van der Waals surface area contributed by atoms with E-state index in [1.807, 2.05) is 0 Å². The second-order valence-electron chi connectivity index (χ2n) is 3.22. The lowest BCUT2D eigenvalue weighted by Gasteiger charge is -2.07. The molecule has 98 valence electrons. The molecule has 0 heterocycles. The van der Waals surface area contributed by atoms with Crippen LogP contribution in [0.4, 0.5) is 0 Å². The molecular weight excluding hydrogens is 254 g/mol. The van der Waals surface area contributed by atoms with Crippen LogP contribution in [-0.4, -0.2) is 32.2 Å². The van der Waals surface area contributed by atoms with Crippen LogP contribution in [0, 0.1) is 0 Å². The van der Waals surface area contributed by atoms with Gasteiger partial charge in [0.1, 0.15) is 6.54 Å². The van der Waals surface area contributed by atoms with Gasteiger partial charge in [-0.1, -0.05) is 12.1 Å². The highest BCUT2D eigenvalue weighted by Gasteiger charge is 2.11. The summed E-state index contributed by atoms with van der Waals surface area (Å²) in [6, 6.07) is 7.00. The number of carbonyl (C=O) groups excluding carboxylic acids is 2. The highest BCUT2D eigenvalue weighted by Crippen LogP contribution is 2.20. The predicted molar refractivity (Wildman–Crippen MR) is 68.3 cm³/mol. The van der Waals surface area contributed by atoms with E-state index < -0.39 is 5.97 Å². The van der Waals surface area contributed by atoms with Crippen LogP contribution in [0.5, 0.6) is 0 Å². The summed E-state index contributed by atoms with van der Waals surface area (Å²) in [4.78, 5) is 23.3. The molecule has 0 radical (unpaired) electrons. The third-order valence-electron chi connectivity index (χ3n) is 2.00. The van der Waals surface area contributed by atoms with Gasteiger partial charge in [-0.05, 0) is 31.0 Å². The van der Waals surface area contributed by atoms with E-state index in [1.54, 1.807) is 31.2 Å². The van der Waals surface area contributed by atoms with Gasteiger partial charge in [0.25, 0.3) is 0 Å². The van der Waals surface area contributed by atoms with Gasteiger partial charge in [-0.15, -0.1) is 0 Å². The van der Waals surface area contributed by atoms with Gasteiger partial charge in [0.2, 0.25) is 0 Å². The monoisotopic (exact) mass is 269 g/mol. The summed E-state index contributed by atoms with van der Waals surface area (Å²) in [5, 5.41) is 0. The highest BCUT2D eigenvalue weighted by atomic mass is 32.2. The zero-order valence-electron chi connectivity index (χ0n) is 10.3. The lowest BCUT2D eigenvalue weighted by Crippen LogP contribution is -2.19. The van der Waals surface area contributed by atoms with E-state index in [1.165, 1.54) is 19.1 Å². The molecule has 0 fully saturated rings. The van der Waals surface area contributed by atoms with E-state index in [9.17, 15) is 9.59 Å². The molecule has 6 heteroatoms. The normalized spacial score (nSPS) is 9.89. The third kappa shape index (κ3) is 4.38. The van der Waals surface area contributed by atoms with Crippen LogP contribution < -0.4 is 4.72 Å². The van der Waals surface area contributed by atoms with Crippen LogP contribution in [0.15, 0.2) is 29.2 Å². The minimum absolute atomic E-state index is 0.0774. The summed E-state index contributed by atoms with van der Waals surface area (Å²) in [7, 11) is 1.33. The van der Waals surface area contributed by atoms with Crippen LogP contribution in [0.3, 0.4) is 0 Å². The van der Waals surface area contributed by atoms with E-state index in [4.69, 9.17) is 4.74 Å². The summed E-state index contributed by atoms with van der Waals surface area (Å²) < 4.78 is 12.3. The molecule has 0 amide bonds. The quantitative estimate of drug-likeness (QED) is 0.625. The number of ether oxygens (including phenoxy) is 2. The summed E-state index contributed by atoms with van der Waals surface area (Å²) in [6.07, 6.45) is 0. The first kappa shape index (κ1) is 14.5. The molecule has 0 saturated heterocycles. The molecule has 0 aliphatic carbocycles. The number of esters is 2. The number of hydrogen-bond acceptors (Lipinski definition) is 6. The molecule has 0 spiro atoms. The molecule has 0 aliphatic rings. The fraction of sp³-hybridized carbons (Fsp3) is 0.333. The zero-order valence-corrected chi connectivity index (χ0v) is 11.1. The predicted octanol–water partition coefficient (Wildman–Crippen LogP) is 1.63. The Morgan fingerprint density at radius 1 is 1.33 bits per heavy atom. The van der Waals surface area contributed by atoms with Gasteiger partial charge >= 0.3 is 11.9 Å². The molecule has 1 N–H and O–H groups in total. The molecule has 0 bridgehead atoms. The number of nitrogens with one attached hydrogen (secondary N) is 1. The molecule has 0 saturated carbocycles. The van der Waals surface area contributed by atoms with Gasteiger partial charge in [0.05, 0.1) is 19.3 Å². The summed E-state index contributed by atoms with van der Waals surface area (Å²) in [5.74, 6) is -0.739. The topological polar surface area (TPSA) is 64.6 Å². The van der Waals surface area contributed by atoms with Crippen molar-refractivity contribution in [2.45, 2.75) is 11.8 Å². The van der Waals surface area contributed by atoms with Crippen LogP contribution in [-0.2, 0) is 14.3 Å². The minimum atomic E-state index is -0.406. The van der Waals surface area contributed by atoms with E-state index >= 15 is 0 Å². The SMILES string of the molecule is CCOC(=O)CNSc1ccccc1C(=O)OC. The lowest BCUT2D eigenvalue weighted by molar-refractivity contribution is -0.141. The highest BCUT2D eigenvalue weighted by molar-refractivity contribution is 7.97. The molecule has 5 nitrogen and oxygen atoms in total. The van der Waals surface area contributed by atoms with Crippen LogP contribution in [0.2, 0.25) is 0 Å². The Hall–Kier alpha value is -1.53. The van der Waals surface area contributed by atoms with Gasteiger partial charge in [0.15, 0.2) is 0 Å². The van der Waals surface area contributed by atoms with E-state index in [-0.39, 0.29) is 12.5 Å². The van der Waals surface area contributed by atoms with Crippen molar-refractivity contribution in [3.8, 4) is 0 Å². The smallest absolute Gasteiger partial charge is 0.339 e. The van der Waals surface area contributed by atoms with Gasteiger partial charge < -0.3 is 9.47 Å². The second kappa shape index (κ2) is 7.73. The summed E-state index contributed by atoms with van der Waals surface area (Å²) >= 11 is 1.19. The maximum Gasteiger partial charge on any atom is 0.339 e. The first-order valence-electron chi connectivity index (χ1n) is 5.41. The Bertz CT molecular complexity index is 422. The maximum absolute atomic E-state index is 11.5. The van der Waals surface area contributed by atoms with Crippen molar-refractivity contribution in [2.75, 3.05) is 20.3 Å². The van der Waals surface area contributed by atoms with Crippen molar-refractivity contribution in [1.29, 1.82) is 0 Å². The average molecular weight is 269 g/mol. The van der Waals surface area contributed by atoms with Crippen molar-refractivity contribution in [1.82, 2.24) is 4.72 Å². The van der Waals surface area contributed by atoms with Crippen molar-refractivity contribution >= 4 is 23.9 Å². The third-order valence-corrected chi connectivity index (χ3v) is 2.86. The van der Waals surface area contributed by atoms with Crippen LogP contribution in [0.25, 0.3) is 0 Å². The van der Waals surface area contributed by atoms with Gasteiger partial charge in [-0.3, -0.25) is 4.79 Å². The second-order valence-corrected chi connectivity index (χ2v) is 4.15. The molecule has 0 aliphatic heterocycles. The number of carbonyl (C=O) groups is 2. The molecule has 0 atom stereocenters. The fourth-order valence-corrected chi connectivity index (χ4v) is 1.97. The lowest BCUT2D eigenvalue weighted by atomic mass is 10.2. The molecule has 1 aromatic carbocycles. The number of hydrogen-bond donors (Lipinski definition) is 1. The Balaban J connectivity index is 2.57. The zero-order chi connectivity index (χ0) is 13.4. The molecule has 1 rings (SSSR count). The molecule has 18 heavy (non-hydrogen) atoms. The number of methoxy groups -OCH3 is 1. The van der Waals surface area contributed by atoms with Crippen molar-refractivity contribution in [2.24, 2.45) is 0 Å². The number of benzene rings is 1. The minimum Gasteiger partial charge on any atom is -0.465 e. The average Bonchev–Trinajstić information content (AvgIpc) is 2.39. The van der Waals surface area contributed by atoms with Gasteiger partial charge in [-0.2, -0.15) is 0 Å². The van der Waals surface area contributed by atoms with Gasteiger partial charge in [0, 0.05) is 4.90 Å². The Kier molecular flexibility index (Phi) is 6.24. The molecule has 1 aromatic rings. The largest absolute Gasteiger partial charge is 0.465 e. The van der Waals surface area contributed by atoms with E-state index in [2.05, 4.69) is 9.46 Å². The Labute approximate surface area is 110 Å². The van der Waals surface area contributed by atoms with Crippen LogP contribution >= 0.6 is 11.9 Å². The maximum atomic E-state index is 11.5. The van der Waals surface area contributed by atoms with Crippen molar-refractivity contribution in [3.63, 3.8) is 0 Å². The van der Waals surface area contributed by atoms with Crippen LogP contribution in [0.1, 0.15) is 17.3 Å². The van der Waals surface area contributed by atoms with Crippen molar-refractivity contribution in [3.05, 3.63) is 29.8 Å². The van der Waals surface area contributed by atoms with Crippen molar-refractivity contribution < 1.29 is 19.1 Å². The van der Waals surface area contributed by atoms with Gasteiger partial charge in [-0.25, -0.2) is 9.52 Å².